The molecule has 1 atom stereocenters. The van der Waals surface area contributed by atoms with Gasteiger partial charge in [-0.1, -0.05) is 30.2 Å². The summed E-state index contributed by atoms with van der Waals surface area (Å²) in [5.74, 6) is 1.50. The molecule has 0 saturated heterocycles. The number of para-hydroxylation sites is 1. The fraction of sp³-hybridized carbons (Fsp3) is 0.412. The minimum Gasteiger partial charge on any atom is -0.493 e. The minimum atomic E-state index is -0.341. The van der Waals surface area contributed by atoms with Crippen LogP contribution in [0.1, 0.15) is 44.2 Å². The first-order chi connectivity index (χ1) is 11.8. The molecular formula is C17H19N5O2. The summed E-state index contributed by atoms with van der Waals surface area (Å²) in [5, 5.41) is 15.1. The lowest BCUT2D eigenvalue weighted by Crippen LogP contribution is -2.31. The second-order valence-electron chi connectivity index (χ2n) is 6.03. The van der Waals surface area contributed by atoms with Crippen molar-refractivity contribution in [1.29, 1.82) is 0 Å². The molecule has 2 aromatic rings. The molecule has 0 spiro atoms. The lowest BCUT2D eigenvalue weighted by atomic mass is 9.85. The molecule has 0 radical (unpaired) electrons. The van der Waals surface area contributed by atoms with E-state index in [0.717, 1.165) is 41.8 Å². The van der Waals surface area contributed by atoms with E-state index in [4.69, 9.17) is 4.74 Å². The van der Waals surface area contributed by atoms with E-state index in [9.17, 15) is 4.79 Å². The van der Waals surface area contributed by atoms with Gasteiger partial charge in [-0.05, 0) is 35.8 Å². The fourth-order valence-electron chi connectivity index (χ4n) is 3.35. The number of carbonyl (C=O) groups excluding carboxylic acids is 1. The number of benzene rings is 1. The molecule has 0 amide bonds. The second-order valence-corrected chi connectivity index (χ2v) is 6.03. The van der Waals surface area contributed by atoms with E-state index >= 15 is 0 Å². The van der Waals surface area contributed by atoms with Crippen LogP contribution in [0.25, 0.3) is 0 Å². The number of nitrogens with zero attached hydrogens (tertiary/aromatic N) is 4. The van der Waals surface area contributed by atoms with E-state index < -0.39 is 0 Å². The van der Waals surface area contributed by atoms with Gasteiger partial charge >= 0.3 is 0 Å². The van der Waals surface area contributed by atoms with Gasteiger partial charge in [-0.3, -0.25) is 4.79 Å². The molecule has 1 aliphatic heterocycles. The maximum Gasteiger partial charge on any atom is 0.248 e. The predicted octanol–water partition coefficient (Wildman–Crippen LogP) is 2.48. The van der Waals surface area contributed by atoms with Gasteiger partial charge in [-0.2, -0.15) is 4.68 Å². The summed E-state index contributed by atoms with van der Waals surface area (Å²) in [6, 6.07) is 7.47. The Hall–Kier alpha value is -2.70. The number of tetrazole rings is 1. The zero-order valence-corrected chi connectivity index (χ0v) is 13.5. The SMILES string of the molecule is CCCOc1ccccc1C1C2=C(CCCC2=O)Nc2nnnn21. The highest BCUT2D eigenvalue weighted by Crippen LogP contribution is 2.42. The van der Waals surface area contributed by atoms with Crippen LogP contribution in [0.3, 0.4) is 0 Å². The smallest absolute Gasteiger partial charge is 0.248 e. The van der Waals surface area contributed by atoms with Gasteiger partial charge in [0.05, 0.1) is 6.61 Å². The van der Waals surface area contributed by atoms with E-state index in [1.807, 2.05) is 24.3 Å². The van der Waals surface area contributed by atoms with Gasteiger partial charge in [-0.15, -0.1) is 0 Å². The summed E-state index contributed by atoms with van der Waals surface area (Å²) in [6.45, 7) is 2.70. The Kier molecular flexibility index (Phi) is 3.76. The van der Waals surface area contributed by atoms with Crippen LogP contribution in [-0.2, 0) is 4.79 Å². The fourth-order valence-corrected chi connectivity index (χ4v) is 3.35. The molecule has 4 rings (SSSR count). The van der Waals surface area contributed by atoms with Crippen molar-refractivity contribution in [3.63, 3.8) is 0 Å². The number of allylic oxidation sites excluding steroid dienone is 2. The number of ketones is 1. The summed E-state index contributed by atoms with van der Waals surface area (Å²) in [4.78, 5) is 12.6. The van der Waals surface area contributed by atoms with Crippen molar-refractivity contribution in [2.45, 2.75) is 38.6 Å². The van der Waals surface area contributed by atoms with Crippen molar-refractivity contribution in [1.82, 2.24) is 20.2 Å². The molecular weight excluding hydrogens is 306 g/mol. The number of ether oxygens (including phenoxy) is 1. The molecule has 2 heterocycles. The van der Waals surface area contributed by atoms with Crippen LogP contribution in [0.5, 0.6) is 5.75 Å². The third-order valence-electron chi connectivity index (χ3n) is 4.40. The highest BCUT2D eigenvalue weighted by molar-refractivity contribution is 5.99. The number of aromatic nitrogens is 4. The minimum absolute atomic E-state index is 0.153. The van der Waals surface area contributed by atoms with Crippen LogP contribution < -0.4 is 10.1 Å². The summed E-state index contributed by atoms with van der Waals surface area (Å²) in [6.07, 6.45) is 3.17. The average Bonchev–Trinajstić information content (AvgIpc) is 3.07. The third kappa shape index (κ3) is 2.36. The van der Waals surface area contributed by atoms with Crippen molar-refractivity contribution in [2.24, 2.45) is 0 Å². The first-order valence-electron chi connectivity index (χ1n) is 8.32. The Balaban J connectivity index is 1.86. The van der Waals surface area contributed by atoms with Crippen LogP contribution in [0.4, 0.5) is 5.95 Å². The van der Waals surface area contributed by atoms with Crippen molar-refractivity contribution in [2.75, 3.05) is 11.9 Å². The van der Waals surface area contributed by atoms with E-state index in [-0.39, 0.29) is 11.8 Å². The number of carbonyl (C=O) groups is 1. The van der Waals surface area contributed by atoms with Gasteiger partial charge in [0.15, 0.2) is 5.78 Å². The number of hydrogen-bond acceptors (Lipinski definition) is 6. The Morgan fingerprint density at radius 3 is 3.08 bits per heavy atom. The van der Waals surface area contributed by atoms with Gasteiger partial charge in [0.25, 0.3) is 0 Å². The topological polar surface area (TPSA) is 81.9 Å². The summed E-state index contributed by atoms with van der Waals surface area (Å²) in [7, 11) is 0. The first-order valence-corrected chi connectivity index (χ1v) is 8.32. The Morgan fingerprint density at radius 2 is 2.21 bits per heavy atom. The number of Topliss-reactive ketones (excluding diaryl/α,β-unsaturated/α-hetero) is 1. The number of hydrogen-bond donors (Lipinski definition) is 1. The van der Waals surface area contributed by atoms with Gasteiger partial charge in [0, 0.05) is 23.3 Å². The van der Waals surface area contributed by atoms with Crippen molar-refractivity contribution in [3.8, 4) is 5.75 Å². The molecule has 0 fully saturated rings. The zero-order chi connectivity index (χ0) is 16.5. The molecule has 7 heteroatoms. The average molecular weight is 325 g/mol. The van der Waals surface area contributed by atoms with Crippen molar-refractivity contribution < 1.29 is 9.53 Å². The summed E-state index contributed by atoms with van der Waals surface area (Å²) in [5.41, 5.74) is 2.61. The van der Waals surface area contributed by atoms with Crippen LogP contribution in [-0.4, -0.2) is 32.6 Å². The zero-order valence-electron chi connectivity index (χ0n) is 13.5. The molecule has 0 saturated carbocycles. The molecule has 24 heavy (non-hydrogen) atoms. The highest BCUT2D eigenvalue weighted by Gasteiger charge is 2.37. The Bertz CT molecular complexity index is 811. The van der Waals surface area contributed by atoms with Gasteiger partial charge in [0.1, 0.15) is 11.8 Å². The van der Waals surface area contributed by atoms with E-state index in [2.05, 4.69) is 27.8 Å². The van der Waals surface area contributed by atoms with E-state index in [1.54, 1.807) is 4.68 Å². The van der Waals surface area contributed by atoms with Crippen LogP contribution in [0, 0.1) is 0 Å². The number of fused-ring (bicyclic) bond motifs is 1. The second kappa shape index (κ2) is 6.07. The van der Waals surface area contributed by atoms with Crippen LogP contribution in [0.2, 0.25) is 0 Å². The molecule has 1 unspecified atom stereocenters. The predicted molar refractivity (Wildman–Crippen MR) is 87.7 cm³/mol. The first kappa shape index (κ1) is 14.9. The van der Waals surface area contributed by atoms with Gasteiger partial charge in [0.2, 0.25) is 5.95 Å². The molecule has 1 aromatic carbocycles. The van der Waals surface area contributed by atoms with Crippen molar-refractivity contribution >= 4 is 11.7 Å². The van der Waals surface area contributed by atoms with Crippen molar-refractivity contribution in [3.05, 3.63) is 41.1 Å². The third-order valence-corrected chi connectivity index (χ3v) is 4.40. The molecule has 1 aliphatic carbocycles. The van der Waals surface area contributed by atoms with Gasteiger partial charge < -0.3 is 10.1 Å². The standard InChI is InChI=1S/C17H19N5O2/c1-2-10-24-14-9-4-3-6-11(14)16-15-12(7-5-8-13(15)23)18-17-19-20-21-22(16)17/h3-4,6,9,16H,2,5,7-8,10H2,1H3,(H,18,19,21). The molecule has 124 valence electrons. The Labute approximate surface area is 139 Å². The summed E-state index contributed by atoms with van der Waals surface area (Å²) >= 11 is 0. The lowest BCUT2D eigenvalue weighted by Gasteiger charge is -2.32. The summed E-state index contributed by atoms with van der Waals surface area (Å²) < 4.78 is 7.59. The van der Waals surface area contributed by atoms with Crippen LogP contribution >= 0.6 is 0 Å². The number of nitrogens with one attached hydrogen (secondary N) is 1. The normalized spacial score (nSPS) is 19.5. The highest BCUT2D eigenvalue weighted by atomic mass is 16.5. The largest absolute Gasteiger partial charge is 0.493 e. The molecule has 2 aliphatic rings. The lowest BCUT2D eigenvalue weighted by molar-refractivity contribution is -0.116. The monoisotopic (exact) mass is 325 g/mol. The maximum atomic E-state index is 12.6. The molecule has 7 nitrogen and oxygen atoms in total. The number of anilines is 1. The maximum absolute atomic E-state index is 12.6. The Morgan fingerprint density at radius 1 is 1.33 bits per heavy atom. The molecule has 1 aromatic heterocycles. The van der Waals surface area contributed by atoms with Crippen LogP contribution in [0.15, 0.2) is 35.5 Å². The molecule has 1 N–H and O–H groups in total. The number of rotatable bonds is 4. The molecule has 0 bridgehead atoms. The quantitative estimate of drug-likeness (QED) is 0.930. The van der Waals surface area contributed by atoms with E-state index in [0.29, 0.717) is 19.0 Å². The van der Waals surface area contributed by atoms with E-state index in [1.165, 1.54) is 0 Å². The van der Waals surface area contributed by atoms with Gasteiger partial charge in [-0.25, -0.2) is 0 Å².